The average Bonchev–Trinajstić information content (AvgIpc) is 2.76. The van der Waals surface area contributed by atoms with E-state index in [4.69, 9.17) is 0 Å². The average molecular weight is 341 g/mol. The first kappa shape index (κ1) is 17.8. The van der Waals surface area contributed by atoms with E-state index in [2.05, 4.69) is 4.74 Å². The maximum absolute atomic E-state index is 12.3. The molecule has 1 amide bonds. The Kier molecular flexibility index (Phi) is 5.08. The summed E-state index contributed by atoms with van der Waals surface area (Å²) >= 11 is 1.62. The number of β-lactam (4-membered cyclic amide) rings is 1. The van der Waals surface area contributed by atoms with E-state index in [0.717, 1.165) is 0 Å². The van der Waals surface area contributed by atoms with Crippen LogP contribution in [0.3, 0.4) is 0 Å². The molecule has 0 aromatic heterocycles. The number of nitrogens with zero attached hydrogens (tertiary/aromatic N) is 1. The van der Waals surface area contributed by atoms with E-state index in [9.17, 15) is 19.5 Å². The molecule has 6 nitrogen and oxygen atoms in total. The summed E-state index contributed by atoms with van der Waals surface area (Å²) in [6, 6.07) is -0.802. The topological polar surface area (TPSA) is 83.9 Å². The van der Waals surface area contributed by atoms with E-state index < -0.39 is 18.0 Å². The van der Waals surface area contributed by atoms with Crippen LogP contribution in [0.2, 0.25) is 0 Å². The number of carbonyl (C=O) groups excluding carboxylic acids is 2. The number of carboxylic acids is 1. The number of hydrogen-bond donors (Lipinski definition) is 1. The van der Waals surface area contributed by atoms with Gasteiger partial charge in [-0.25, -0.2) is 9.59 Å². The lowest BCUT2D eigenvalue weighted by molar-refractivity contribution is -0.163. The van der Waals surface area contributed by atoms with Gasteiger partial charge in [0.25, 0.3) is 0 Å². The molecule has 0 aliphatic carbocycles. The lowest BCUT2D eigenvalue weighted by Gasteiger charge is -2.44. The molecule has 0 saturated carbocycles. The zero-order valence-electron chi connectivity index (χ0n) is 13.8. The molecular weight excluding hydrogens is 318 g/mol. The van der Waals surface area contributed by atoms with Gasteiger partial charge in [0.15, 0.2) is 0 Å². The molecule has 4 unspecified atom stereocenters. The fraction of sp³-hybridized carbons (Fsp3) is 0.688. The molecule has 4 atom stereocenters. The normalized spacial score (nSPS) is 30.3. The monoisotopic (exact) mass is 341 g/mol. The number of carboxylic acid groups (broad SMARTS) is 1. The zero-order chi connectivity index (χ0) is 17.4. The predicted octanol–water partition coefficient (Wildman–Crippen LogP) is 1.69. The lowest BCUT2D eigenvalue weighted by atomic mass is 9.85. The van der Waals surface area contributed by atoms with Crippen molar-refractivity contribution in [3.8, 4) is 0 Å². The summed E-state index contributed by atoms with van der Waals surface area (Å²) in [4.78, 5) is 36.5. The van der Waals surface area contributed by atoms with Crippen LogP contribution in [-0.4, -0.2) is 57.0 Å². The molecule has 2 aliphatic rings. The first-order valence-electron chi connectivity index (χ1n) is 7.63. The standard InChI is InChI=1S/C16H23NO5S/c1-16(2,3)23-11-8-10-9(6-5-7-12(18)22-4)14(19)17(10)13(11)15(20)21/h5,7,9-11,13H,6,8H2,1-4H3,(H,20,21)/b7-5+. The van der Waals surface area contributed by atoms with Crippen LogP contribution in [0.1, 0.15) is 33.6 Å². The Bertz CT molecular complexity index is 539. The molecule has 0 spiro atoms. The van der Waals surface area contributed by atoms with E-state index in [1.165, 1.54) is 18.1 Å². The van der Waals surface area contributed by atoms with E-state index in [0.29, 0.717) is 12.8 Å². The molecule has 2 saturated heterocycles. The fourth-order valence-corrected chi connectivity index (χ4v) is 4.86. The first-order valence-corrected chi connectivity index (χ1v) is 8.51. The first-order chi connectivity index (χ1) is 10.7. The van der Waals surface area contributed by atoms with Crippen LogP contribution >= 0.6 is 11.8 Å². The van der Waals surface area contributed by atoms with Crippen molar-refractivity contribution in [2.75, 3.05) is 7.11 Å². The maximum Gasteiger partial charge on any atom is 0.330 e. The van der Waals surface area contributed by atoms with Gasteiger partial charge in [0.2, 0.25) is 5.91 Å². The smallest absolute Gasteiger partial charge is 0.330 e. The molecule has 0 radical (unpaired) electrons. The van der Waals surface area contributed by atoms with Crippen LogP contribution in [0.15, 0.2) is 12.2 Å². The molecule has 0 aromatic carbocycles. The van der Waals surface area contributed by atoms with Crippen molar-refractivity contribution in [1.82, 2.24) is 4.90 Å². The molecule has 2 fully saturated rings. The molecular formula is C16H23NO5S. The molecule has 7 heteroatoms. The highest BCUT2D eigenvalue weighted by molar-refractivity contribution is 8.01. The van der Waals surface area contributed by atoms with Crippen molar-refractivity contribution in [2.24, 2.45) is 5.92 Å². The third-order valence-electron chi connectivity index (χ3n) is 4.12. The summed E-state index contributed by atoms with van der Waals surface area (Å²) in [7, 11) is 1.30. The summed E-state index contributed by atoms with van der Waals surface area (Å²) in [6.07, 6.45) is 4.06. The number of hydrogen-bond acceptors (Lipinski definition) is 5. The number of fused-ring (bicyclic) bond motifs is 1. The van der Waals surface area contributed by atoms with Gasteiger partial charge >= 0.3 is 11.9 Å². The van der Waals surface area contributed by atoms with Gasteiger partial charge in [0.1, 0.15) is 6.04 Å². The van der Waals surface area contributed by atoms with E-state index in [-0.39, 0.29) is 27.9 Å². The molecule has 2 heterocycles. The number of ether oxygens (including phenoxy) is 1. The largest absolute Gasteiger partial charge is 0.480 e. The number of thioether (sulfide) groups is 1. The summed E-state index contributed by atoms with van der Waals surface area (Å²) in [5.41, 5.74) is 0. The van der Waals surface area contributed by atoms with Gasteiger partial charge in [-0.2, -0.15) is 0 Å². The number of rotatable bonds is 5. The molecule has 2 aliphatic heterocycles. The molecule has 0 bridgehead atoms. The Morgan fingerprint density at radius 1 is 1.43 bits per heavy atom. The van der Waals surface area contributed by atoms with Crippen molar-refractivity contribution < 1.29 is 24.2 Å². The van der Waals surface area contributed by atoms with Crippen molar-refractivity contribution in [3.05, 3.63) is 12.2 Å². The Hall–Kier alpha value is -1.50. The Labute approximate surface area is 140 Å². The van der Waals surface area contributed by atoms with Gasteiger partial charge in [-0.3, -0.25) is 4.79 Å². The van der Waals surface area contributed by atoms with Crippen LogP contribution in [0.25, 0.3) is 0 Å². The maximum atomic E-state index is 12.3. The van der Waals surface area contributed by atoms with Gasteiger partial charge in [0, 0.05) is 22.1 Å². The highest BCUT2D eigenvalue weighted by Crippen LogP contribution is 2.47. The number of esters is 1. The minimum atomic E-state index is -0.939. The Morgan fingerprint density at radius 2 is 2.09 bits per heavy atom. The molecule has 23 heavy (non-hydrogen) atoms. The fourth-order valence-electron chi connectivity index (χ4n) is 3.28. The van der Waals surface area contributed by atoms with Crippen molar-refractivity contribution in [2.45, 2.75) is 55.7 Å². The minimum absolute atomic E-state index is 0.0502. The van der Waals surface area contributed by atoms with Crippen LogP contribution in [-0.2, 0) is 19.1 Å². The molecule has 2 rings (SSSR count). The minimum Gasteiger partial charge on any atom is -0.480 e. The van der Waals surface area contributed by atoms with Gasteiger partial charge < -0.3 is 14.7 Å². The Morgan fingerprint density at radius 3 is 2.61 bits per heavy atom. The SMILES string of the molecule is COC(=O)/C=C/CC1C(=O)N2C1CC(SC(C)(C)C)C2C(=O)O. The highest BCUT2D eigenvalue weighted by Gasteiger charge is 2.59. The van der Waals surface area contributed by atoms with E-state index >= 15 is 0 Å². The Balaban J connectivity index is 2.07. The van der Waals surface area contributed by atoms with Crippen LogP contribution in [0.4, 0.5) is 0 Å². The van der Waals surface area contributed by atoms with Crippen LogP contribution < -0.4 is 0 Å². The molecule has 1 N–H and O–H groups in total. The zero-order valence-corrected chi connectivity index (χ0v) is 14.6. The van der Waals surface area contributed by atoms with Crippen molar-refractivity contribution >= 4 is 29.6 Å². The number of amides is 1. The number of methoxy groups -OCH3 is 1. The lowest BCUT2D eigenvalue weighted by Crippen LogP contribution is -2.61. The third-order valence-corrected chi connectivity index (χ3v) is 5.58. The second-order valence-corrected chi connectivity index (χ2v) is 8.93. The van der Waals surface area contributed by atoms with Crippen LogP contribution in [0, 0.1) is 5.92 Å². The molecule has 128 valence electrons. The second kappa shape index (κ2) is 6.55. The predicted molar refractivity (Wildman–Crippen MR) is 87.1 cm³/mol. The van der Waals surface area contributed by atoms with Crippen molar-refractivity contribution in [3.63, 3.8) is 0 Å². The van der Waals surface area contributed by atoms with Gasteiger partial charge in [-0.05, 0) is 12.8 Å². The number of allylic oxidation sites excluding steroid dienone is 1. The summed E-state index contributed by atoms with van der Waals surface area (Å²) in [5, 5.41) is 9.40. The summed E-state index contributed by atoms with van der Waals surface area (Å²) < 4.78 is 4.45. The number of aliphatic carboxylic acids is 1. The van der Waals surface area contributed by atoms with E-state index in [1.807, 2.05) is 20.8 Å². The van der Waals surface area contributed by atoms with Gasteiger partial charge in [0.05, 0.1) is 13.0 Å². The van der Waals surface area contributed by atoms with Crippen molar-refractivity contribution in [1.29, 1.82) is 0 Å². The quantitative estimate of drug-likeness (QED) is 0.465. The van der Waals surface area contributed by atoms with Crippen LogP contribution in [0.5, 0.6) is 0 Å². The van der Waals surface area contributed by atoms with Gasteiger partial charge in [-0.1, -0.05) is 26.8 Å². The second-order valence-electron chi connectivity index (χ2n) is 6.87. The van der Waals surface area contributed by atoms with E-state index in [1.54, 1.807) is 17.8 Å². The summed E-state index contributed by atoms with van der Waals surface area (Å²) in [5.74, 6) is -1.76. The highest BCUT2D eigenvalue weighted by atomic mass is 32.2. The summed E-state index contributed by atoms with van der Waals surface area (Å²) in [6.45, 7) is 6.14. The molecule has 0 aromatic rings. The van der Waals surface area contributed by atoms with Gasteiger partial charge in [-0.15, -0.1) is 11.8 Å². The third kappa shape index (κ3) is 3.71. The number of carbonyl (C=O) groups is 3.